The van der Waals surface area contributed by atoms with Gasteiger partial charge in [0.2, 0.25) is 10.0 Å². The zero-order valence-electron chi connectivity index (χ0n) is 9.03. The van der Waals surface area contributed by atoms with Crippen molar-refractivity contribution in [3.63, 3.8) is 0 Å². The van der Waals surface area contributed by atoms with E-state index in [9.17, 15) is 22.0 Å². The van der Waals surface area contributed by atoms with E-state index >= 15 is 0 Å². The van der Waals surface area contributed by atoms with Gasteiger partial charge < -0.3 is 5.11 Å². The summed E-state index contributed by atoms with van der Waals surface area (Å²) in [6, 6.07) is 1.83. The van der Waals surface area contributed by atoms with Gasteiger partial charge in [-0.25, -0.2) is 26.7 Å². The van der Waals surface area contributed by atoms with Gasteiger partial charge in [0.25, 0.3) is 6.43 Å². The van der Waals surface area contributed by atoms with Crippen LogP contribution >= 0.6 is 27.5 Å². The second kappa shape index (κ2) is 6.12. The Hall–Kier alpha value is -0.770. The Morgan fingerprint density at radius 3 is 2.53 bits per heavy atom. The molecule has 10 heteroatoms. The fourth-order valence-electron chi connectivity index (χ4n) is 1.13. The van der Waals surface area contributed by atoms with E-state index in [4.69, 9.17) is 16.7 Å². The van der Waals surface area contributed by atoms with E-state index in [0.717, 1.165) is 12.1 Å². The molecular formula is C9H7BrClF2NO4S. The van der Waals surface area contributed by atoms with Crippen molar-refractivity contribution in [1.29, 1.82) is 0 Å². The molecule has 0 saturated heterocycles. The molecule has 0 saturated carbocycles. The van der Waals surface area contributed by atoms with Crippen molar-refractivity contribution in [3.05, 3.63) is 27.2 Å². The van der Waals surface area contributed by atoms with Crippen LogP contribution in [0.15, 0.2) is 21.5 Å². The molecule has 0 amide bonds. The topological polar surface area (TPSA) is 83.5 Å². The maximum Gasteiger partial charge on any atom is 0.337 e. The molecule has 1 aromatic carbocycles. The first-order valence-corrected chi connectivity index (χ1v) is 7.30. The summed E-state index contributed by atoms with van der Waals surface area (Å²) in [4.78, 5) is 10.4. The molecule has 0 aliphatic heterocycles. The largest absolute Gasteiger partial charge is 0.478 e. The van der Waals surface area contributed by atoms with E-state index in [-0.39, 0.29) is 9.50 Å². The van der Waals surface area contributed by atoms with Gasteiger partial charge in [-0.2, -0.15) is 0 Å². The monoisotopic (exact) mass is 377 g/mol. The van der Waals surface area contributed by atoms with Crippen LogP contribution in [0.3, 0.4) is 0 Å². The van der Waals surface area contributed by atoms with Crippen molar-refractivity contribution in [2.45, 2.75) is 11.3 Å². The summed E-state index contributed by atoms with van der Waals surface area (Å²) in [6.07, 6.45) is -2.86. The van der Waals surface area contributed by atoms with Gasteiger partial charge in [-0.15, -0.1) is 0 Å². The second-order valence-electron chi connectivity index (χ2n) is 3.31. The van der Waals surface area contributed by atoms with Crippen molar-refractivity contribution < 1.29 is 27.1 Å². The standard InChI is InChI=1S/C9H7BrClF2NO4S/c10-6-2-4(1-5(8(6)11)9(15)16)19(17,18)14-3-7(12)13/h1-2,7,14H,3H2,(H,15,16). The number of carboxylic acid groups (broad SMARTS) is 1. The zero-order valence-corrected chi connectivity index (χ0v) is 12.2. The molecule has 0 aliphatic rings. The summed E-state index contributed by atoms with van der Waals surface area (Å²) >= 11 is 8.58. The normalized spacial score (nSPS) is 11.8. The SMILES string of the molecule is O=C(O)c1cc(S(=O)(=O)NCC(F)F)cc(Br)c1Cl. The molecule has 0 heterocycles. The van der Waals surface area contributed by atoms with Crippen LogP contribution in [-0.2, 0) is 10.0 Å². The zero-order chi connectivity index (χ0) is 14.8. The molecule has 0 spiro atoms. The summed E-state index contributed by atoms with van der Waals surface area (Å²) in [6.45, 7) is -1.06. The average molecular weight is 379 g/mol. The summed E-state index contributed by atoms with van der Waals surface area (Å²) < 4.78 is 49.0. The van der Waals surface area contributed by atoms with Crippen LogP contribution in [0.4, 0.5) is 8.78 Å². The van der Waals surface area contributed by atoms with E-state index in [1.807, 2.05) is 0 Å². The van der Waals surface area contributed by atoms with Crippen molar-refractivity contribution >= 4 is 43.5 Å². The quantitative estimate of drug-likeness (QED) is 0.824. The van der Waals surface area contributed by atoms with Gasteiger partial charge in [-0.3, -0.25) is 0 Å². The third-order valence-corrected chi connectivity index (χ3v) is 4.63. The van der Waals surface area contributed by atoms with E-state index in [1.165, 1.54) is 0 Å². The number of sulfonamides is 1. The highest BCUT2D eigenvalue weighted by Gasteiger charge is 2.21. The minimum absolute atomic E-state index is 0.0338. The third-order valence-electron chi connectivity index (χ3n) is 1.97. The van der Waals surface area contributed by atoms with Gasteiger partial charge in [0.05, 0.1) is 22.0 Å². The molecule has 5 nitrogen and oxygen atoms in total. The lowest BCUT2D eigenvalue weighted by Gasteiger charge is -2.09. The lowest BCUT2D eigenvalue weighted by molar-refractivity contribution is 0.0696. The molecule has 106 valence electrons. The van der Waals surface area contributed by atoms with E-state index in [0.29, 0.717) is 0 Å². The van der Waals surface area contributed by atoms with Gasteiger partial charge in [-0.05, 0) is 28.1 Å². The summed E-state index contributed by atoms with van der Waals surface area (Å²) in [5.74, 6) is -1.43. The van der Waals surface area contributed by atoms with Gasteiger partial charge in [0.15, 0.2) is 0 Å². The molecule has 0 unspecified atom stereocenters. The third kappa shape index (κ3) is 4.10. The minimum Gasteiger partial charge on any atom is -0.478 e. The molecule has 1 rings (SSSR count). The first kappa shape index (κ1) is 16.3. The lowest BCUT2D eigenvalue weighted by Crippen LogP contribution is -2.28. The smallest absolute Gasteiger partial charge is 0.337 e. The molecule has 0 atom stereocenters. The Labute approximate surface area is 120 Å². The molecule has 0 aliphatic carbocycles. The van der Waals surface area contributed by atoms with E-state index in [2.05, 4.69) is 15.9 Å². The van der Waals surface area contributed by atoms with Gasteiger partial charge in [0, 0.05) is 4.47 Å². The summed E-state index contributed by atoms with van der Waals surface area (Å²) in [5, 5.41) is 8.68. The highest BCUT2D eigenvalue weighted by molar-refractivity contribution is 9.10. The molecule has 0 fully saturated rings. The molecule has 0 aromatic heterocycles. The van der Waals surface area contributed by atoms with Crippen molar-refractivity contribution in [2.75, 3.05) is 6.54 Å². The van der Waals surface area contributed by atoms with Crippen LogP contribution in [0.2, 0.25) is 5.02 Å². The Morgan fingerprint density at radius 2 is 2.05 bits per heavy atom. The molecule has 1 aromatic rings. The summed E-state index contributed by atoms with van der Waals surface area (Å²) in [5.41, 5.74) is -0.450. The average Bonchev–Trinajstić information content (AvgIpc) is 2.29. The first-order chi connectivity index (χ1) is 8.65. The van der Waals surface area contributed by atoms with E-state index < -0.39 is 39.4 Å². The number of aromatic carboxylic acids is 1. The van der Waals surface area contributed by atoms with Crippen LogP contribution in [0.25, 0.3) is 0 Å². The number of carbonyl (C=O) groups is 1. The number of nitrogens with one attached hydrogen (secondary N) is 1. The molecule has 2 N–H and O–H groups in total. The predicted octanol–water partition coefficient (Wildman–Crippen LogP) is 2.34. The molecule has 19 heavy (non-hydrogen) atoms. The number of carboxylic acids is 1. The van der Waals surface area contributed by atoms with Crippen LogP contribution < -0.4 is 4.72 Å². The van der Waals surface area contributed by atoms with Crippen LogP contribution in [-0.4, -0.2) is 32.5 Å². The number of benzene rings is 1. The Bertz CT molecular complexity index is 608. The maximum atomic E-state index is 12.0. The molecule has 0 bridgehead atoms. The van der Waals surface area contributed by atoms with Crippen molar-refractivity contribution in [1.82, 2.24) is 4.72 Å². The van der Waals surface area contributed by atoms with Crippen LogP contribution in [0.5, 0.6) is 0 Å². The Morgan fingerprint density at radius 1 is 1.47 bits per heavy atom. The van der Waals surface area contributed by atoms with Gasteiger partial charge in [-0.1, -0.05) is 11.6 Å². The minimum atomic E-state index is -4.23. The predicted molar refractivity (Wildman–Crippen MR) is 67.3 cm³/mol. The number of hydrogen-bond donors (Lipinski definition) is 2. The second-order valence-corrected chi connectivity index (χ2v) is 6.31. The highest BCUT2D eigenvalue weighted by Crippen LogP contribution is 2.29. The van der Waals surface area contributed by atoms with Crippen molar-refractivity contribution in [2.24, 2.45) is 0 Å². The number of halogens is 4. The molecule has 0 radical (unpaired) electrons. The number of hydrogen-bond acceptors (Lipinski definition) is 3. The highest BCUT2D eigenvalue weighted by atomic mass is 79.9. The maximum absolute atomic E-state index is 12.0. The number of rotatable bonds is 5. The fraction of sp³-hybridized carbons (Fsp3) is 0.222. The first-order valence-electron chi connectivity index (χ1n) is 4.65. The van der Waals surface area contributed by atoms with E-state index in [1.54, 1.807) is 4.72 Å². The van der Waals surface area contributed by atoms with Gasteiger partial charge in [0.1, 0.15) is 0 Å². The fourth-order valence-corrected chi connectivity index (χ4v) is 2.99. The van der Waals surface area contributed by atoms with Crippen LogP contribution in [0.1, 0.15) is 10.4 Å². The van der Waals surface area contributed by atoms with Crippen LogP contribution in [0, 0.1) is 0 Å². The Balaban J connectivity index is 3.25. The Kier molecular flexibility index (Phi) is 5.25. The lowest BCUT2D eigenvalue weighted by atomic mass is 10.2. The number of alkyl halides is 2. The summed E-state index contributed by atoms with van der Waals surface area (Å²) in [7, 11) is -4.23. The van der Waals surface area contributed by atoms with Gasteiger partial charge >= 0.3 is 5.97 Å². The molecular weight excluding hydrogens is 372 g/mol. The van der Waals surface area contributed by atoms with Crippen molar-refractivity contribution in [3.8, 4) is 0 Å².